The van der Waals surface area contributed by atoms with E-state index in [9.17, 15) is 0 Å². The first-order valence-electron chi connectivity index (χ1n) is 4.00. The molecule has 11 heavy (non-hydrogen) atoms. The quantitative estimate of drug-likeness (QED) is 0.649. The topological polar surface area (TPSA) is 27.1 Å². The highest BCUT2D eigenvalue weighted by atomic mass is 16.5. The molecule has 0 bridgehead atoms. The van der Waals surface area contributed by atoms with E-state index in [1.54, 1.807) is 10.9 Å². The average molecular weight is 152 g/mol. The van der Waals surface area contributed by atoms with Gasteiger partial charge in [-0.2, -0.15) is 5.10 Å². The Morgan fingerprint density at radius 2 is 2.45 bits per heavy atom. The highest BCUT2D eigenvalue weighted by Crippen LogP contribution is 2.28. The Morgan fingerprint density at radius 3 is 3.09 bits per heavy atom. The fourth-order valence-corrected chi connectivity index (χ4v) is 0.974. The van der Waals surface area contributed by atoms with E-state index in [0.717, 1.165) is 12.5 Å². The van der Waals surface area contributed by atoms with Crippen LogP contribution in [-0.4, -0.2) is 16.4 Å². The monoisotopic (exact) mass is 152 g/mol. The number of nitrogens with zero attached hydrogens (tertiary/aromatic N) is 2. The van der Waals surface area contributed by atoms with Crippen molar-refractivity contribution in [2.24, 2.45) is 5.92 Å². The van der Waals surface area contributed by atoms with E-state index in [1.807, 2.05) is 12.3 Å². The van der Waals surface area contributed by atoms with Crippen LogP contribution in [0.3, 0.4) is 0 Å². The van der Waals surface area contributed by atoms with E-state index in [1.165, 1.54) is 12.8 Å². The van der Waals surface area contributed by atoms with Crippen molar-refractivity contribution < 1.29 is 4.74 Å². The van der Waals surface area contributed by atoms with Crippen LogP contribution in [0, 0.1) is 5.92 Å². The van der Waals surface area contributed by atoms with Gasteiger partial charge in [-0.1, -0.05) is 0 Å². The van der Waals surface area contributed by atoms with E-state index in [-0.39, 0.29) is 0 Å². The van der Waals surface area contributed by atoms with E-state index < -0.39 is 0 Å². The average Bonchev–Trinajstić information content (AvgIpc) is 2.66. The van der Waals surface area contributed by atoms with Crippen molar-refractivity contribution in [3.63, 3.8) is 0 Å². The summed E-state index contributed by atoms with van der Waals surface area (Å²) in [5.41, 5.74) is 0. The maximum Gasteiger partial charge on any atom is 0.139 e. The first-order chi connectivity index (χ1) is 5.45. The summed E-state index contributed by atoms with van der Waals surface area (Å²) in [7, 11) is 0. The van der Waals surface area contributed by atoms with Crippen LogP contribution in [0.4, 0.5) is 0 Å². The van der Waals surface area contributed by atoms with Gasteiger partial charge in [0.15, 0.2) is 0 Å². The third-order valence-electron chi connectivity index (χ3n) is 1.83. The van der Waals surface area contributed by atoms with Crippen molar-refractivity contribution in [2.45, 2.75) is 19.6 Å². The lowest BCUT2D eigenvalue weighted by molar-refractivity contribution is 0.0612. The predicted octanol–water partition coefficient (Wildman–Crippen LogP) is 1.27. The molecule has 0 spiro atoms. The molecule has 1 aliphatic carbocycles. The molecule has 1 saturated carbocycles. The Bertz CT molecular complexity index is 204. The molecule has 0 unspecified atom stereocenters. The molecule has 1 fully saturated rings. The lowest BCUT2D eigenvalue weighted by Gasteiger charge is -2.01. The van der Waals surface area contributed by atoms with E-state index in [4.69, 9.17) is 4.74 Å². The molecule has 3 heteroatoms. The van der Waals surface area contributed by atoms with Crippen molar-refractivity contribution in [1.29, 1.82) is 0 Å². The van der Waals surface area contributed by atoms with Gasteiger partial charge < -0.3 is 4.74 Å². The zero-order valence-corrected chi connectivity index (χ0v) is 6.44. The summed E-state index contributed by atoms with van der Waals surface area (Å²) in [6.07, 6.45) is 6.37. The van der Waals surface area contributed by atoms with Gasteiger partial charge in [-0.05, 0) is 24.8 Å². The molecule has 0 aliphatic heterocycles. The van der Waals surface area contributed by atoms with Crippen molar-refractivity contribution in [3.05, 3.63) is 18.5 Å². The molecule has 0 atom stereocenters. The Balaban J connectivity index is 1.66. The third kappa shape index (κ3) is 2.05. The van der Waals surface area contributed by atoms with Crippen LogP contribution in [0.25, 0.3) is 0 Å². The van der Waals surface area contributed by atoms with Gasteiger partial charge in [0.25, 0.3) is 0 Å². The van der Waals surface area contributed by atoms with Crippen molar-refractivity contribution in [2.75, 3.05) is 6.61 Å². The molecule has 1 aromatic rings. The Kier molecular flexibility index (Phi) is 1.90. The summed E-state index contributed by atoms with van der Waals surface area (Å²) in [6.45, 7) is 1.50. The summed E-state index contributed by atoms with van der Waals surface area (Å²) in [6, 6.07) is 1.90. The number of rotatable bonds is 4. The zero-order valence-electron chi connectivity index (χ0n) is 6.44. The second kappa shape index (κ2) is 3.05. The highest BCUT2D eigenvalue weighted by molar-refractivity contribution is 4.77. The van der Waals surface area contributed by atoms with Gasteiger partial charge in [-0.15, -0.1) is 0 Å². The first kappa shape index (κ1) is 6.85. The fraction of sp³-hybridized carbons (Fsp3) is 0.625. The van der Waals surface area contributed by atoms with Crippen LogP contribution >= 0.6 is 0 Å². The molecule has 60 valence electrons. The second-order valence-electron chi connectivity index (χ2n) is 2.99. The Hall–Kier alpha value is -0.830. The molecular weight excluding hydrogens is 140 g/mol. The highest BCUT2D eigenvalue weighted by Gasteiger charge is 2.20. The second-order valence-corrected chi connectivity index (χ2v) is 2.99. The van der Waals surface area contributed by atoms with Crippen LogP contribution in [0.5, 0.6) is 0 Å². The van der Waals surface area contributed by atoms with Crippen LogP contribution in [-0.2, 0) is 11.5 Å². The summed E-state index contributed by atoms with van der Waals surface area (Å²) in [4.78, 5) is 0. The van der Waals surface area contributed by atoms with E-state index in [0.29, 0.717) is 6.73 Å². The number of ether oxygens (including phenoxy) is 1. The maximum absolute atomic E-state index is 5.40. The van der Waals surface area contributed by atoms with Gasteiger partial charge in [0.1, 0.15) is 6.73 Å². The SMILES string of the molecule is c1cnn(COCC2CC2)c1. The molecule has 3 nitrogen and oxygen atoms in total. The van der Waals surface area contributed by atoms with E-state index >= 15 is 0 Å². The third-order valence-corrected chi connectivity index (χ3v) is 1.83. The minimum Gasteiger partial charge on any atom is -0.359 e. The molecule has 1 heterocycles. The molecule has 1 aliphatic rings. The fourth-order valence-electron chi connectivity index (χ4n) is 0.974. The van der Waals surface area contributed by atoms with Gasteiger partial charge in [0.05, 0.1) is 6.61 Å². The largest absolute Gasteiger partial charge is 0.359 e. The van der Waals surface area contributed by atoms with Crippen molar-refractivity contribution in [3.8, 4) is 0 Å². The molecule has 0 N–H and O–H groups in total. The summed E-state index contributed by atoms with van der Waals surface area (Å²) in [5, 5.41) is 4.03. The number of hydrogen-bond donors (Lipinski definition) is 0. The summed E-state index contributed by atoms with van der Waals surface area (Å²) >= 11 is 0. The van der Waals surface area contributed by atoms with Gasteiger partial charge in [0.2, 0.25) is 0 Å². The molecule has 0 amide bonds. The summed E-state index contributed by atoms with van der Waals surface area (Å²) in [5.74, 6) is 0.838. The molecule has 0 aromatic carbocycles. The Morgan fingerprint density at radius 1 is 1.55 bits per heavy atom. The molecule has 0 saturated heterocycles. The molecule has 0 radical (unpaired) electrons. The smallest absolute Gasteiger partial charge is 0.139 e. The molecule has 1 aromatic heterocycles. The van der Waals surface area contributed by atoms with Crippen LogP contribution in [0.1, 0.15) is 12.8 Å². The normalized spacial score (nSPS) is 17.1. The number of aromatic nitrogens is 2. The van der Waals surface area contributed by atoms with Gasteiger partial charge in [0, 0.05) is 12.4 Å². The van der Waals surface area contributed by atoms with Crippen LogP contribution in [0.2, 0.25) is 0 Å². The Labute approximate surface area is 66.0 Å². The zero-order chi connectivity index (χ0) is 7.52. The van der Waals surface area contributed by atoms with Gasteiger partial charge in [-0.25, -0.2) is 4.68 Å². The summed E-state index contributed by atoms with van der Waals surface area (Å²) < 4.78 is 7.20. The van der Waals surface area contributed by atoms with Crippen molar-refractivity contribution >= 4 is 0 Å². The molecular formula is C8H12N2O. The lowest BCUT2D eigenvalue weighted by atomic mass is 10.5. The predicted molar refractivity (Wildman–Crippen MR) is 40.9 cm³/mol. The van der Waals surface area contributed by atoms with E-state index in [2.05, 4.69) is 5.10 Å². The van der Waals surface area contributed by atoms with Crippen LogP contribution in [0.15, 0.2) is 18.5 Å². The van der Waals surface area contributed by atoms with Crippen LogP contribution < -0.4 is 0 Å². The minimum atomic E-state index is 0.601. The van der Waals surface area contributed by atoms with Crippen molar-refractivity contribution in [1.82, 2.24) is 9.78 Å². The maximum atomic E-state index is 5.40. The minimum absolute atomic E-state index is 0.601. The number of hydrogen-bond acceptors (Lipinski definition) is 2. The first-order valence-corrected chi connectivity index (χ1v) is 4.00. The molecule has 2 rings (SSSR count). The van der Waals surface area contributed by atoms with Gasteiger partial charge in [-0.3, -0.25) is 0 Å². The van der Waals surface area contributed by atoms with Gasteiger partial charge >= 0.3 is 0 Å². The lowest BCUT2D eigenvalue weighted by Crippen LogP contribution is -2.04. The standard InChI is InChI=1S/C8H12N2O/c1-4-9-10(5-1)7-11-6-8-2-3-8/h1,4-5,8H,2-3,6-7H2.